The molecule has 0 amide bonds. The molecule has 0 fully saturated rings. The second-order valence-corrected chi connectivity index (χ2v) is 4.07. The van der Waals surface area contributed by atoms with Crippen molar-refractivity contribution < 1.29 is 4.74 Å². The van der Waals surface area contributed by atoms with Gasteiger partial charge < -0.3 is 15.4 Å². The van der Waals surface area contributed by atoms with Gasteiger partial charge in [0.1, 0.15) is 0 Å². The monoisotopic (exact) mass is 222 g/mol. The van der Waals surface area contributed by atoms with E-state index in [2.05, 4.69) is 37.1 Å². The standard InChI is InChI=1S/C13H22N2O/c1-11-10-12(6-7-14)4-5-13(11)15(2)8-9-16-3/h4-5,10H,6-9,14H2,1-3H3. The summed E-state index contributed by atoms with van der Waals surface area (Å²) >= 11 is 0. The highest BCUT2D eigenvalue weighted by Crippen LogP contribution is 2.20. The molecule has 1 rings (SSSR count). The van der Waals surface area contributed by atoms with Gasteiger partial charge in [-0.1, -0.05) is 12.1 Å². The quantitative estimate of drug-likeness (QED) is 0.794. The van der Waals surface area contributed by atoms with Crippen LogP contribution in [-0.2, 0) is 11.2 Å². The lowest BCUT2D eigenvalue weighted by atomic mass is 10.1. The van der Waals surface area contributed by atoms with Crippen LogP contribution in [0.3, 0.4) is 0 Å². The van der Waals surface area contributed by atoms with Crippen LogP contribution < -0.4 is 10.6 Å². The molecule has 0 saturated heterocycles. The normalized spacial score (nSPS) is 10.5. The average molecular weight is 222 g/mol. The molecular weight excluding hydrogens is 200 g/mol. The van der Waals surface area contributed by atoms with Crippen molar-refractivity contribution in [2.45, 2.75) is 13.3 Å². The molecule has 0 spiro atoms. The van der Waals surface area contributed by atoms with E-state index in [4.69, 9.17) is 10.5 Å². The van der Waals surface area contributed by atoms with Crippen LogP contribution in [0, 0.1) is 6.92 Å². The zero-order chi connectivity index (χ0) is 12.0. The molecule has 0 bridgehead atoms. The van der Waals surface area contributed by atoms with Crippen molar-refractivity contribution in [3.05, 3.63) is 29.3 Å². The number of methoxy groups -OCH3 is 1. The number of aryl methyl sites for hydroxylation is 1. The first-order valence-electron chi connectivity index (χ1n) is 5.68. The van der Waals surface area contributed by atoms with Crippen LogP contribution in [0.5, 0.6) is 0 Å². The van der Waals surface area contributed by atoms with Gasteiger partial charge in [-0.3, -0.25) is 0 Å². The number of likely N-dealkylation sites (N-methyl/N-ethyl adjacent to an activating group) is 1. The lowest BCUT2D eigenvalue weighted by Gasteiger charge is -2.21. The summed E-state index contributed by atoms with van der Waals surface area (Å²) < 4.78 is 5.08. The van der Waals surface area contributed by atoms with Crippen LogP contribution in [0.25, 0.3) is 0 Å². The zero-order valence-corrected chi connectivity index (χ0v) is 10.5. The van der Waals surface area contributed by atoms with Gasteiger partial charge in [-0.2, -0.15) is 0 Å². The van der Waals surface area contributed by atoms with Crippen molar-refractivity contribution in [1.82, 2.24) is 0 Å². The lowest BCUT2D eigenvalue weighted by molar-refractivity contribution is 0.206. The predicted molar refractivity (Wildman–Crippen MR) is 69.1 cm³/mol. The number of anilines is 1. The van der Waals surface area contributed by atoms with Crippen molar-refractivity contribution in [3.8, 4) is 0 Å². The maximum atomic E-state index is 5.55. The van der Waals surface area contributed by atoms with Gasteiger partial charge in [0.15, 0.2) is 0 Å². The van der Waals surface area contributed by atoms with Crippen molar-refractivity contribution in [2.75, 3.05) is 38.8 Å². The maximum absolute atomic E-state index is 5.55. The molecule has 0 aliphatic heterocycles. The summed E-state index contributed by atoms with van der Waals surface area (Å²) in [5.74, 6) is 0. The molecule has 0 saturated carbocycles. The Morgan fingerprint density at radius 3 is 2.69 bits per heavy atom. The first-order valence-corrected chi connectivity index (χ1v) is 5.68. The van der Waals surface area contributed by atoms with Gasteiger partial charge in [0, 0.05) is 26.4 Å². The molecule has 0 heterocycles. The second-order valence-electron chi connectivity index (χ2n) is 4.07. The number of nitrogens with two attached hydrogens (primary N) is 1. The topological polar surface area (TPSA) is 38.5 Å². The Hall–Kier alpha value is -1.06. The van der Waals surface area contributed by atoms with E-state index in [9.17, 15) is 0 Å². The Bertz CT molecular complexity index is 326. The largest absolute Gasteiger partial charge is 0.383 e. The van der Waals surface area contributed by atoms with Crippen LogP contribution >= 0.6 is 0 Å². The molecule has 3 heteroatoms. The molecule has 0 atom stereocenters. The molecular formula is C13H22N2O. The molecule has 16 heavy (non-hydrogen) atoms. The van der Waals surface area contributed by atoms with Crippen molar-refractivity contribution in [3.63, 3.8) is 0 Å². The van der Waals surface area contributed by atoms with E-state index in [0.29, 0.717) is 6.54 Å². The van der Waals surface area contributed by atoms with Crippen LogP contribution in [0.2, 0.25) is 0 Å². The van der Waals surface area contributed by atoms with E-state index in [-0.39, 0.29) is 0 Å². The minimum Gasteiger partial charge on any atom is -0.383 e. The number of benzene rings is 1. The summed E-state index contributed by atoms with van der Waals surface area (Å²) in [6, 6.07) is 6.53. The average Bonchev–Trinajstić information content (AvgIpc) is 2.26. The summed E-state index contributed by atoms with van der Waals surface area (Å²) in [5.41, 5.74) is 9.41. The van der Waals surface area contributed by atoms with Gasteiger partial charge in [-0.25, -0.2) is 0 Å². The molecule has 2 N–H and O–H groups in total. The van der Waals surface area contributed by atoms with Crippen molar-refractivity contribution >= 4 is 5.69 Å². The number of rotatable bonds is 6. The second kappa shape index (κ2) is 6.51. The molecule has 0 aliphatic rings. The van der Waals surface area contributed by atoms with Gasteiger partial charge in [-0.05, 0) is 37.1 Å². The fourth-order valence-electron chi connectivity index (χ4n) is 1.82. The van der Waals surface area contributed by atoms with Crippen LogP contribution in [0.1, 0.15) is 11.1 Å². The fourth-order valence-corrected chi connectivity index (χ4v) is 1.82. The Morgan fingerprint density at radius 1 is 1.38 bits per heavy atom. The zero-order valence-electron chi connectivity index (χ0n) is 10.5. The Labute approximate surface area is 98.2 Å². The molecule has 1 aromatic carbocycles. The van der Waals surface area contributed by atoms with Crippen LogP contribution in [-0.4, -0.2) is 33.9 Å². The minimum absolute atomic E-state index is 0.707. The number of hydrogen-bond acceptors (Lipinski definition) is 3. The number of ether oxygens (including phenoxy) is 1. The Kier molecular flexibility index (Phi) is 5.29. The Balaban J connectivity index is 2.73. The SMILES string of the molecule is COCCN(C)c1ccc(CCN)cc1C. The van der Waals surface area contributed by atoms with E-state index in [1.165, 1.54) is 16.8 Å². The Morgan fingerprint density at radius 2 is 2.12 bits per heavy atom. The summed E-state index contributed by atoms with van der Waals surface area (Å²) in [5, 5.41) is 0. The summed E-state index contributed by atoms with van der Waals surface area (Å²) in [6.07, 6.45) is 0.947. The molecule has 0 unspecified atom stereocenters. The highest BCUT2D eigenvalue weighted by Gasteiger charge is 2.04. The van der Waals surface area contributed by atoms with Crippen LogP contribution in [0.4, 0.5) is 5.69 Å². The molecule has 0 aliphatic carbocycles. The highest BCUT2D eigenvalue weighted by molar-refractivity contribution is 5.53. The van der Waals surface area contributed by atoms with Crippen molar-refractivity contribution in [1.29, 1.82) is 0 Å². The number of hydrogen-bond donors (Lipinski definition) is 1. The van der Waals surface area contributed by atoms with Crippen molar-refractivity contribution in [2.24, 2.45) is 5.73 Å². The van der Waals surface area contributed by atoms with E-state index in [1.807, 2.05) is 0 Å². The molecule has 90 valence electrons. The first-order chi connectivity index (χ1) is 7.69. The van der Waals surface area contributed by atoms with E-state index in [0.717, 1.165) is 19.6 Å². The molecule has 0 aromatic heterocycles. The van der Waals surface area contributed by atoms with Crippen LogP contribution in [0.15, 0.2) is 18.2 Å². The van der Waals surface area contributed by atoms with Gasteiger partial charge in [0.25, 0.3) is 0 Å². The molecule has 0 radical (unpaired) electrons. The summed E-state index contributed by atoms with van der Waals surface area (Å²) in [6.45, 7) is 4.50. The minimum atomic E-state index is 0.707. The van der Waals surface area contributed by atoms with Gasteiger partial charge in [0.05, 0.1) is 6.61 Å². The lowest BCUT2D eigenvalue weighted by Crippen LogP contribution is -2.22. The fraction of sp³-hybridized carbons (Fsp3) is 0.538. The summed E-state index contributed by atoms with van der Waals surface area (Å²) in [7, 11) is 3.81. The smallest absolute Gasteiger partial charge is 0.0637 e. The van der Waals surface area contributed by atoms with E-state index in [1.54, 1.807) is 7.11 Å². The van der Waals surface area contributed by atoms with Gasteiger partial charge in [-0.15, -0.1) is 0 Å². The third-order valence-corrected chi connectivity index (χ3v) is 2.74. The molecule has 1 aromatic rings. The third-order valence-electron chi connectivity index (χ3n) is 2.74. The number of nitrogens with zero attached hydrogens (tertiary/aromatic N) is 1. The highest BCUT2D eigenvalue weighted by atomic mass is 16.5. The first kappa shape index (κ1) is 13.0. The van der Waals surface area contributed by atoms with E-state index < -0.39 is 0 Å². The third kappa shape index (κ3) is 3.51. The van der Waals surface area contributed by atoms with Gasteiger partial charge in [0.2, 0.25) is 0 Å². The van der Waals surface area contributed by atoms with E-state index >= 15 is 0 Å². The maximum Gasteiger partial charge on any atom is 0.0637 e. The summed E-state index contributed by atoms with van der Waals surface area (Å²) in [4.78, 5) is 2.21. The molecule has 3 nitrogen and oxygen atoms in total. The predicted octanol–water partition coefficient (Wildman–Crippen LogP) is 1.58. The van der Waals surface area contributed by atoms with Gasteiger partial charge >= 0.3 is 0 Å².